The summed E-state index contributed by atoms with van der Waals surface area (Å²) in [5, 5.41) is 13.3. The van der Waals surface area contributed by atoms with Crippen LogP contribution in [-0.2, 0) is 13.2 Å². The Hall–Kier alpha value is -4.86. The highest BCUT2D eigenvalue weighted by Crippen LogP contribution is 2.44. The maximum atomic E-state index is 13.7. The third-order valence-electron chi connectivity index (χ3n) is 6.14. The minimum atomic E-state index is -4.80. The molecule has 5 rings (SSSR count). The fourth-order valence-corrected chi connectivity index (χ4v) is 5.09. The van der Waals surface area contributed by atoms with Crippen LogP contribution in [0.2, 0.25) is 0 Å². The number of nitrogens with one attached hydrogen (secondary N) is 2. The van der Waals surface area contributed by atoms with Gasteiger partial charge in [-0.1, -0.05) is 0 Å². The molecule has 4 heterocycles. The largest absolute Gasteiger partial charge is 0.435 e. The van der Waals surface area contributed by atoms with E-state index in [0.717, 1.165) is 6.07 Å². The van der Waals surface area contributed by atoms with Crippen molar-refractivity contribution in [2.45, 2.75) is 19.7 Å². The summed E-state index contributed by atoms with van der Waals surface area (Å²) in [7, 11) is 1.61. The van der Waals surface area contributed by atoms with E-state index in [1.807, 2.05) is 0 Å². The number of nitrogens with zero attached hydrogens (tertiary/aromatic N) is 4. The van der Waals surface area contributed by atoms with Gasteiger partial charge in [0.1, 0.15) is 26.8 Å². The molecule has 1 aromatic carbocycles. The first-order valence-corrected chi connectivity index (χ1v) is 12.4. The van der Waals surface area contributed by atoms with Gasteiger partial charge < -0.3 is 15.8 Å². The number of carbonyl (C=O) groups excluding carboxylic acids is 2. The number of primary amides is 1. The molecule has 0 saturated heterocycles. The molecule has 212 valence electrons. The van der Waals surface area contributed by atoms with Gasteiger partial charge in [0.2, 0.25) is 0 Å². The van der Waals surface area contributed by atoms with Crippen molar-refractivity contribution in [1.82, 2.24) is 25.0 Å². The summed E-state index contributed by atoms with van der Waals surface area (Å²) in [6.45, 7) is -1.34. The molecule has 10 nitrogen and oxygen atoms in total. The number of nitrogens with two attached hydrogens (primary N) is 1. The summed E-state index contributed by atoms with van der Waals surface area (Å²) >= 11 is 0.610. The zero-order valence-corrected chi connectivity index (χ0v) is 21.8. The number of ether oxygens (including phenoxy) is 1. The molecule has 0 fully saturated rings. The van der Waals surface area contributed by atoms with E-state index in [1.165, 1.54) is 41.2 Å². The number of carbonyl (C=O) groups is 2. The first-order chi connectivity index (χ1) is 19.3. The van der Waals surface area contributed by atoms with Gasteiger partial charge in [0, 0.05) is 29.3 Å². The molecule has 0 atom stereocenters. The molecule has 16 heteroatoms. The first-order valence-electron chi connectivity index (χ1n) is 11.6. The molecule has 0 aliphatic heterocycles. The molecule has 0 unspecified atom stereocenters. The highest BCUT2D eigenvalue weighted by molar-refractivity contribution is 7.21. The van der Waals surface area contributed by atoms with Crippen molar-refractivity contribution in [2.24, 2.45) is 12.8 Å². The normalized spacial score (nSPS) is 11.8. The van der Waals surface area contributed by atoms with Gasteiger partial charge in [-0.2, -0.15) is 32.1 Å². The number of fused-ring (bicyclic) bond motifs is 1. The van der Waals surface area contributed by atoms with Gasteiger partial charge in [-0.15, -0.1) is 11.3 Å². The minimum absolute atomic E-state index is 0.0448. The van der Waals surface area contributed by atoms with Crippen LogP contribution in [0.5, 0.6) is 5.75 Å². The fraction of sp³-hybridized carbons (Fsp3) is 0.160. The third-order valence-corrected chi connectivity index (χ3v) is 7.24. The Kier molecular flexibility index (Phi) is 6.94. The van der Waals surface area contributed by atoms with Crippen LogP contribution in [0.1, 0.15) is 31.5 Å². The summed E-state index contributed by atoms with van der Waals surface area (Å²) in [6, 6.07) is 7.71. The molecule has 2 amide bonds. The second-order valence-electron chi connectivity index (χ2n) is 8.69. The summed E-state index contributed by atoms with van der Waals surface area (Å²) in [6.07, 6.45) is -3.42. The molecule has 0 spiro atoms. The lowest BCUT2D eigenvalue weighted by Crippen LogP contribution is -2.17. The molecule has 5 aromatic rings. The second-order valence-corrected chi connectivity index (χ2v) is 9.69. The van der Waals surface area contributed by atoms with Crippen LogP contribution in [0, 0.1) is 6.92 Å². The van der Waals surface area contributed by atoms with E-state index in [1.54, 1.807) is 14.0 Å². The Labute approximate surface area is 230 Å². The Morgan fingerprint density at radius 3 is 2.44 bits per heavy atom. The number of halogens is 5. The van der Waals surface area contributed by atoms with Gasteiger partial charge in [0.15, 0.2) is 0 Å². The van der Waals surface area contributed by atoms with E-state index in [2.05, 4.69) is 30.3 Å². The molecule has 0 saturated carbocycles. The van der Waals surface area contributed by atoms with Gasteiger partial charge in [-0.25, -0.2) is 4.98 Å². The highest BCUT2D eigenvalue weighted by atomic mass is 32.1. The number of aryl methyl sites for hydroxylation is 1. The summed E-state index contributed by atoms with van der Waals surface area (Å²) in [5.74, 6) is -1.83. The first kappa shape index (κ1) is 27.7. The van der Waals surface area contributed by atoms with Gasteiger partial charge in [0.05, 0.1) is 17.6 Å². The van der Waals surface area contributed by atoms with Crippen molar-refractivity contribution in [3.05, 3.63) is 64.6 Å². The summed E-state index contributed by atoms with van der Waals surface area (Å²) in [5.41, 5.74) is 5.82. The Morgan fingerprint density at radius 2 is 1.85 bits per heavy atom. The fourth-order valence-electron chi connectivity index (χ4n) is 4.09. The number of pyridine rings is 1. The van der Waals surface area contributed by atoms with Crippen LogP contribution < -0.4 is 15.8 Å². The molecule has 0 radical (unpaired) electrons. The number of aromatic amines is 1. The van der Waals surface area contributed by atoms with Crippen LogP contribution in [-0.4, -0.2) is 43.4 Å². The van der Waals surface area contributed by atoms with Crippen LogP contribution >= 0.6 is 11.3 Å². The SMILES string of the molecule is Cc1c(-c2cc(C(F)(F)F)nc3sc(C(N)=O)c(NC(=O)c4cc(-c5ccc(OC(F)F)cc5)n[nH]4)c23)cnn1C. The Morgan fingerprint density at radius 1 is 1.15 bits per heavy atom. The lowest BCUT2D eigenvalue weighted by atomic mass is 10.0. The number of rotatable bonds is 7. The average Bonchev–Trinajstić information content (AvgIpc) is 3.61. The number of hydrogen-bond donors (Lipinski definition) is 3. The van der Waals surface area contributed by atoms with Crippen molar-refractivity contribution in [3.63, 3.8) is 0 Å². The minimum Gasteiger partial charge on any atom is -0.435 e. The quantitative estimate of drug-likeness (QED) is 0.218. The van der Waals surface area contributed by atoms with Crippen molar-refractivity contribution < 1.29 is 36.3 Å². The molecule has 41 heavy (non-hydrogen) atoms. The Bertz CT molecular complexity index is 1790. The van der Waals surface area contributed by atoms with Crippen molar-refractivity contribution in [3.8, 4) is 28.1 Å². The maximum Gasteiger partial charge on any atom is 0.433 e. The molecular weight excluding hydrogens is 573 g/mol. The lowest BCUT2D eigenvalue weighted by molar-refractivity contribution is -0.140. The second kappa shape index (κ2) is 10.3. The molecule has 4 N–H and O–H groups in total. The average molecular weight is 592 g/mol. The third kappa shape index (κ3) is 5.32. The molecule has 0 aliphatic carbocycles. The molecular formula is C25H18F5N7O3S. The van der Waals surface area contributed by atoms with E-state index in [-0.39, 0.29) is 43.5 Å². The predicted molar refractivity (Wildman–Crippen MR) is 139 cm³/mol. The number of thiophene rings is 1. The van der Waals surface area contributed by atoms with E-state index in [4.69, 9.17) is 5.73 Å². The van der Waals surface area contributed by atoms with Crippen molar-refractivity contribution in [1.29, 1.82) is 0 Å². The smallest absolute Gasteiger partial charge is 0.433 e. The number of alkyl halides is 5. The van der Waals surface area contributed by atoms with Crippen molar-refractivity contribution in [2.75, 3.05) is 5.32 Å². The Balaban J connectivity index is 1.57. The summed E-state index contributed by atoms with van der Waals surface area (Å²) < 4.78 is 71.8. The maximum absolute atomic E-state index is 13.7. The van der Waals surface area contributed by atoms with E-state index in [9.17, 15) is 31.5 Å². The van der Waals surface area contributed by atoms with E-state index in [0.29, 0.717) is 28.2 Å². The molecule has 4 aromatic heterocycles. The number of aromatic nitrogens is 5. The molecule has 0 bridgehead atoms. The van der Waals surface area contributed by atoms with Gasteiger partial charge >= 0.3 is 12.8 Å². The topological polar surface area (TPSA) is 141 Å². The van der Waals surface area contributed by atoms with E-state index < -0.39 is 30.3 Å². The van der Waals surface area contributed by atoms with Crippen LogP contribution in [0.4, 0.5) is 27.6 Å². The van der Waals surface area contributed by atoms with E-state index >= 15 is 0 Å². The van der Waals surface area contributed by atoms with Crippen LogP contribution in [0.3, 0.4) is 0 Å². The van der Waals surface area contributed by atoms with Crippen LogP contribution in [0.15, 0.2) is 42.6 Å². The number of amides is 2. The zero-order chi connectivity index (χ0) is 29.6. The van der Waals surface area contributed by atoms with Gasteiger partial charge in [0.25, 0.3) is 11.8 Å². The lowest BCUT2D eigenvalue weighted by Gasteiger charge is -2.12. The molecule has 0 aliphatic rings. The highest BCUT2D eigenvalue weighted by Gasteiger charge is 2.35. The zero-order valence-electron chi connectivity index (χ0n) is 21.0. The monoisotopic (exact) mass is 591 g/mol. The number of anilines is 1. The number of H-pyrrole nitrogens is 1. The summed E-state index contributed by atoms with van der Waals surface area (Å²) in [4.78, 5) is 28.9. The number of hydrogen-bond acceptors (Lipinski definition) is 7. The predicted octanol–water partition coefficient (Wildman–Crippen LogP) is 5.37. The standard InChI is InChI=1S/C25H18F5N7O3S/c1-10-14(9-32-37(10)2)13-7-17(25(28,29)30)33-23-18(13)19(20(41-23)21(31)38)34-22(39)16-8-15(35-36-16)11-3-5-12(6-4-11)40-24(26)27/h3-9,24H,1-2H3,(H2,31,38)(H,34,39)(H,35,36). The number of benzene rings is 1. The van der Waals surface area contributed by atoms with Gasteiger partial charge in [-0.3, -0.25) is 19.4 Å². The van der Waals surface area contributed by atoms with Gasteiger partial charge in [-0.05, 0) is 48.9 Å². The van der Waals surface area contributed by atoms with Crippen molar-refractivity contribution >= 4 is 39.1 Å². The van der Waals surface area contributed by atoms with Crippen LogP contribution in [0.25, 0.3) is 32.6 Å².